The largest absolute Gasteiger partial charge is 0.493 e. The highest BCUT2D eigenvalue weighted by molar-refractivity contribution is 7.19. The molecular formula is C34H39ClN4O6S. The highest BCUT2D eigenvalue weighted by atomic mass is 35.5. The number of aromatic nitrogens is 2. The van der Waals surface area contributed by atoms with Gasteiger partial charge in [-0.1, -0.05) is 35.9 Å². The molecule has 1 atom stereocenters. The average molecular weight is 667 g/mol. The summed E-state index contributed by atoms with van der Waals surface area (Å²) in [5, 5.41) is 2.89. The number of nitrogens with one attached hydrogen (secondary N) is 1. The first-order valence-electron chi connectivity index (χ1n) is 14.7. The topological polar surface area (TPSA) is 112 Å². The molecule has 2 amide bonds. The molecule has 2 heterocycles. The van der Waals surface area contributed by atoms with Crippen molar-refractivity contribution in [2.24, 2.45) is 0 Å². The van der Waals surface area contributed by atoms with E-state index < -0.39 is 29.3 Å². The number of benzene rings is 2. The van der Waals surface area contributed by atoms with Crippen molar-refractivity contribution >= 4 is 46.7 Å². The fourth-order valence-electron chi connectivity index (χ4n) is 4.83. The molecule has 4 aromatic rings. The van der Waals surface area contributed by atoms with Crippen molar-refractivity contribution in [3.8, 4) is 27.8 Å². The van der Waals surface area contributed by atoms with Crippen LogP contribution in [0.25, 0.3) is 16.3 Å². The maximum absolute atomic E-state index is 14.2. The minimum absolute atomic E-state index is 0.235. The molecular weight excluding hydrogens is 628 g/mol. The van der Waals surface area contributed by atoms with Crippen molar-refractivity contribution in [1.29, 1.82) is 0 Å². The molecule has 0 bridgehead atoms. The maximum Gasteiger partial charge on any atom is 0.307 e. The van der Waals surface area contributed by atoms with Gasteiger partial charge in [0.05, 0.1) is 35.8 Å². The molecule has 1 unspecified atom stereocenters. The second kappa shape index (κ2) is 14.8. The van der Waals surface area contributed by atoms with E-state index in [1.54, 1.807) is 49.6 Å². The normalized spacial score (nSPS) is 12.0. The number of halogens is 1. The highest BCUT2D eigenvalue weighted by Crippen LogP contribution is 2.34. The number of methoxy groups -OCH3 is 2. The summed E-state index contributed by atoms with van der Waals surface area (Å²) in [6.07, 6.45) is 1.59. The molecule has 0 aliphatic carbocycles. The van der Waals surface area contributed by atoms with Gasteiger partial charge in [0.2, 0.25) is 17.8 Å². The first kappa shape index (κ1) is 34.5. The van der Waals surface area contributed by atoms with Crippen molar-refractivity contribution in [1.82, 2.24) is 14.5 Å². The van der Waals surface area contributed by atoms with Crippen LogP contribution in [0.4, 0.5) is 5.95 Å². The molecule has 4 rings (SSSR count). The summed E-state index contributed by atoms with van der Waals surface area (Å²) < 4.78 is 18.8. The number of rotatable bonds is 12. The van der Waals surface area contributed by atoms with Gasteiger partial charge >= 0.3 is 5.97 Å². The lowest BCUT2D eigenvalue weighted by molar-refractivity contribution is -0.157. The molecule has 2 aromatic carbocycles. The predicted octanol–water partition coefficient (Wildman–Crippen LogP) is 6.96. The molecule has 0 fully saturated rings. The van der Waals surface area contributed by atoms with Gasteiger partial charge < -0.3 is 19.1 Å². The van der Waals surface area contributed by atoms with E-state index in [4.69, 9.17) is 30.8 Å². The summed E-state index contributed by atoms with van der Waals surface area (Å²) in [6.45, 7) is 8.64. The van der Waals surface area contributed by atoms with Crippen LogP contribution in [-0.4, -0.2) is 64.6 Å². The van der Waals surface area contributed by atoms with Gasteiger partial charge in [-0.25, -0.2) is 4.98 Å². The van der Waals surface area contributed by atoms with Crippen molar-refractivity contribution < 1.29 is 28.6 Å². The maximum atomic E-state index is 14.2. The lowest BCUT2D eigenvalue weighted by Crippen LogP contribution is -2.45. The molecule has 0 radical (unpaired) electrons. The van der Waals surface area contributed by atoms with Gasteiger partial charge in [0.15, 0.2) is 11.5 Å². The number of para-hydroxylation sites is 1. The Kier molecular flexibility index (Phi) is 11.1. The molecule has 0 aliphatic heterocycles. The third-order valence-corrected chi connectivity index (χ3v) is 8.19. The van der Waals surface area contributed by atoms with Crippen LogP contribution in [0.15, 0.2) is 66.9 Å². The second-order valence-corrected chi connectivity index (χ2v) is 13.5. The smallest absolute Gasteiger partial charge is 0.307 e. The molecule has 0 spiro atoms. The lowest BCUT2D eigenvalue weighted by atomic mass is 9.93. The van der Waals surface area contributed by atoms with Crippen LogP contribution in [-0.2, 0) is 19.1 Å². The fourth-order valence-corrected chi connectivity index (χ4v) is 5.82. The molecule has 0 saturated carbocycles. The van der Waals surface area contributed by atoms with E-state index in [1.165, 1.54) is 30.5 Å². The van der Waals surface area contributed by atoms with E-state index in [-0.39, 0.29) is 25.0 Å². The number of anilines is 1. The van der Waals surface area contributed by atoms with E-state index in [0.29, 0.717) is 27.1 Å². The number of imidazole rings is 1. The number of esters is 1. The molecule has 46 heavy (non-hydrogen) atoms. The zero-order valence-electron chi connectivity index (χ0n) is 27.0. The van der Waals surface area contributed by atoms with Gasteiger partial charge in [-0.3, -0.25) is 24.3 Å². The van der Waals surface area contributed by atoms with E-state index in [1.807, 2.05) is 56.4 Å². The molecule has 12 heteroatoms. The first-order valence-corrected chi connectivity index (χ1v) is 15.9. The van der Waals surface area contributed by atoms with Gasteiger partial charge in [0, 0.05) is 17.9 Å². The van der Waals surface area contributed by atoms with Crippen LogP contribution in [0.1, 0.15) is 52.5 Å². The predicted molar refractivity (Wildman–Crippen MR) is 180 cm³/mol. The first-order chi connectivity index (χ1) is 21.8. The quantitative estimate of drug-likeness (QED) is 0.163. The second-order valence-electron chi connectivity index (χ2n) is 11.8. The summed E-state index contributed by atoms with van der Waals surface area (Å²) in [7, 11) is 3.01. The van der Waals surface area contributed by atoms with Gasteiger partial charge in [-0.05, 0) is 76.6 Å². The standard InChI is InChI=1S/C34H39ClN4O6S/c1-21(2)38(32(42)24(18-31(41)45-34(3,4)5)22-13-14-26(43-6)27(17-22)44-7)20-30(40)37-33-36-25(28-15-16-29(35)46-28)19-39(33)23-11-9-8-10-12-23/h8-17,19,21,24H,18,20H2,1-7H3,(H,36,37,40). The summed E-state index contributed by atoms with van der Waals surface area (Å²) in [5.41, 5.74) is 1.22. The Bertz CT molecular complexity index is 1680. The zero-order valence-corrected chi connectivity index (χ0v) is 28.6. The molecule has 2 aromatic heterocycles. The Labute approximate surface area is 278 Å². The number of nitrogens with zero attached hydrogens (tertiary/aromatic N) is 3. The average Bonchev–Trinajstić information content (AvgIpc) is 3.63. The SMILES string of the molecule is COc1ccc(C(CC(=O)OC(C)(C)C)C(=O)N(CC(=O)Nc2nc(-c3ccc(Cl)s3)cn2-c2ccccc2)C(C)C)cc1OC. The van der Waals surface area contributed by atoms with Crippen LogP contribution in [0, 0.1) is 0 Å². The Morgan fingerprint density at radius 3 is 2.28 bits per heavy atom. The van der Waals surface area contributed by atoms with E-state index >= 15 is 0 Å². The third-order valence-electron chi connectivity index (χ3n) is 6.94. The number of amides is 2. The van der Waals surface area contributed by atoms with Gasteiger partial charge in [0.1, 0.15) is 17.8 Å². The lowest BCUT2D eigenvalue weighted by Gasteiger charge is -2.31. The molecule has 10 nitrogen and oxygen atoms in total. The van der Waals surface area contributed by atoms with Gasteiger partial charge in [-0.2, -0.15) is 0 Å². The number of hydrogen-bond acceptors (Lipinski definition) is 8. The number of ether oxygens (including phenoxy) is 3. The Balaban J connectivity index is 1.64. The Morgan fingerprint density at radius 2 is 1.70 bits per heavy atom. The molecule has 0 saturated heterocycles. The van der Waals surface area contributed by atoms with Crippen molar-refractivity contribution in [3.63, 3.8) is 0 Å². The van der Waals surface area contributed by atoms with Crippen molar-refractivity contribution in [2.45, 2.75) is 58.6 Å². The minimum atomic E-state index is -0.952. The van der Waals surface area contributed by atoms with Crippen LogP contribution in [0.3, 0.4) is 0 Å². The number of carbonyl (C=O) groups excluding carboxylic acids is 3. The number of carbonyl (C=O) groups is 3. The van der Waals surface area contributed by atoms with Crippen LogP contribution < -0.4 is 14.8 Å². The Hall–Kier alpha value is -4.35. The van der Waals surface area contributed by atoms with Gasteiger partial charge in [0.25, 0.3) is 0 Å². The van der Waals surface area contributed by atoms with Crippen molar-refractivity contribution in [3.05, 3.63) is 76.8 Å². The van der Waals surface area contributed by atoms with E-state index in [2.05, 4.69) is 5.32 Å². The number of hydrogen-bond donors (Lipinski definition) is 1. The summed E-state index contributed by atoms with van der Waals surface area (Å²) in [4.78, 5) is 47.9. The van der Waals surface area contributed by atoms with Crippen LogP contribution >= 0.6 is 22.9 Å². The monoisotopic (exact) mass is 666 g/mol. The van der Waals surface area contributed by atoms with Gasteiger partial charge in [-0.15, -0.1) is 11.3 Å². The summed E-state index contributed by atoms with van der Waals surface area (Å²) in [5.74, 6) is -1.19. The zero-order chi connectivity index (χ0) is 33.6. The highest BCUT2D eigenvalue weighted by Gasteiger charge is 2.33. The van der Waals surface area contributed by atoms with Crippen molar-refractivity contribution in [2.75, 3.05) is 26.1 Å². The minimum Gasteiger partial charge on any atom is -0.493 e. The molecule has 244 valence electrons. The Morgan fingerprint density at radius 1 is 1.00 bits per heavy atom. The molecule has 1 N–H and O–H groups in total. The number of thiophene rings is 1. The van der Waals surface area contributed by atoms with Crippen LogP contribution in [0.2, 0.25) is 4.34 Å². The van der Waals surface area contributed by atoms with E-state index in [9.17, 15) is 14.4 Å². The third kappa shape index (κ3) is 8.67. The fraction of sp³-hybridized carbons (Fsp3) is 0.353. The van der Waals surface area contributed by atoms with Crippen LogP contribution in [0.5, 0.6) is 11.5 Å². The van der Waals surface area contributed by atoms with E-state index in [0.717, 1.165) is 10.6 Å². The summed E-state index contributed by atoms with van der Waals surface area (Å²) >= 11 is 7.55. The summed E-state index contributed by atoms with van der Waals surface area (Å²) in [6, 6.07) is 17.8. The molecule has 0 aliphatic rings.